The number of hydrogen-bond donors (Lipinski definition) is 0. The lowest BCUT2D eigenvalue weighted by atomic mass is 9.98. The predicted molar refractivity (Wildman–Crippen MR) is 48.7 cm³/mol. The topological polar surface area (TPSA) is 26.3 Å². The van der Waals surface area contributed by atoms with Gasteiger partial charge >= 0.3 is 5.97 Å². The minimum absolute atomic E-state index is 0.344. The summed E-state index contributed by atoms with van der Waals surface area (Å²) in [6, 6.07) is 0. The largest absolute Gasteiger partial charge is 0.465 e. The Morgan fingerprint density at radius 1 is 1.67 bits per heavy atom. The van der Waals surface area contributed by atoms with Gasteiger partial charge in [0.1, 0.15) is 5.38 Å². The van der Waals surface area contributed by atoms with Gasteiger partial charge < -0.3 is 4.74 Å². The summed E-state index contributed by atoms with van der Waals surface area (Å²) < 4.78 is 4.86. The van der Waals surface area contributed by atoms with Gasteiger partial charge in [-0.2, -0.15) is 0 Å². The van der Waals surface area contributed by atoms with E-state index in [1.165, 1.54) is 0 Å². The van der Waals surface area contributed by atoms with Crippen LogP contribution >= 0.6 is 23.2 Å². The Bertz CT molecular complexity index is 180. The Kier molecular flexibility index (Phi) is 3.24. The van der Waals surface area contributed by atoms with Crippen LogP contribution in [0.5, 0.6) is 0 Å². The lowest BCUT2D eigenvalue weighted by molar-refractivity contribution is -0.144. The maximum atomic E-state index is 11.0. The normalized spacial score (nSPS) is 38.2. The van der Waals surface area contributed by atoms with E-state index in [9.17, 15) is 4.79 Å². The quantitative estimate of drug-likeness (QED) is 0.454. The minimum atomic E-state index is -0.590. The first-order valence-electron chi connectivity index (χ1n) is 4.01. The minimum Gasteiger partial charge on any atom is -0.465 e. The van der Waals surface area contributed by atoms with Gasteiger partial charge in [0.15, 0.2) is 0 Å². The highest BCUT2D eigenvalue weighted by molar-refractivity contribution is 6.31. The average Bonchev–Trinajstić information content (AvgIpc) is 1.95. The molecular formula is C8H12Cl2O2. The van der Waals surface area contributed by atoms with E-state index in [1.807, 2.05) is 6.92 Å². The second-order valence-corrected chi connectivity index (χ2v) is 4.80. The van der Waals surface area contributed by atoms with E-state index in [0.29, 0.717) is 13.0 Å². The van der Waals surface area contributed by atoms with Crippen LogP contribution < -0.4 is 0 Å². The number of ether oxygens (including phenoxy) is 1. The Morgan fingerprint density at radius 2 is 2.33 bits per heavy atom. The molecule has 0 N–H and O–H groups in total. The molecule has 0 radical (unpaired) electrons. The van der Waals surface area contributed by atoms with E-state index < -0.39 is 5.38 Å². The van der Waals surface area contributed by atoms with Crippen molar-refractivity contribution < 1.29 is 9.53 Å². The van der Waals surface area contributed by atoms with E-state index in [2.05, 4.69) is 0 Å². The number of halogens is 2. The average molecular weight is 211 g/mol. The van der Waals surface area contributed by atoms with Gasteiger partial charge in [-0.05, 0) is 26.2 Å². The zero-order chi connectivity index (χ0) is 9.19. The van der Waals surface area contributed by atoms with Crippen molar-refractivity contribution in [1.29, 1.82) is 0 Å². The Labute approximate surface area is 82.2 Å². The molecule has 2 unspecified atom stereocenters. The van der Waals surface area contributed by atoms with Crippen molar-refractivity contribution in [3.05, 3.63) is 0 Å². The molecule has 1 rings (SSSR count). The molecule has 2 atom stereocenters. The molecule has 70 valence electrons. The number of rotatable bonds is 0. The third-order valence-corrected chi connectivity index (χ3v) is 2.62. The van der Waals surface area contributed by atoms with Crippen LogP contribution in [0.1, 0.15) is 26.2 Å². The fraction of sp³-hybridized carbons (Fsp3) is 0.875. The van der Waals surface area contributed by atoms with Gasteiger partial charge in [-0.1, -0.05) is 0 Å². The molecule has 1 saturated heterocycles. The lowest BCUT2D eigenvalue weighted by Gasteiger charge is -2.26. The molecule has 1 aliphatic heterocycles. The predicted octanol–water partition coefficient (Wildman–Crippen LogP) is 2.32. The molecule has 12 heavy (non-hydrogen) atoms. The second kappa shape index (κ2) is 3.84. The zero-order valence-electron chi connectivity index (χ0n) is 6.98. The maximum Gasteiger partial charge on any atom is 0.324 e. The molecule has 0 aliphatic carbocycles. The number of alkyl halides is 2. The number of carbonyl (C=O) groups excluding carboxylic acids is 1. The van der Waals surface area contributed by atoms with Crippen molar-refractivity contribution in [3.8, 4) is 0 Å². The highest BCUT2D eigenvalue weighted by Crippen LogP contribution is 2.30. The van der Waals surface area contributed by atoms with Crippen LogP contribution in [0.4, 0.5) is 0 Å². The monoisotopic (exact) mass is 210 g/mol. The van der Waals surface area contributed by atoms with E-state index in [0.717, 1.165) is 12.8 Å². The van der Waals surface area contributed by atoms with Crippen LogP contribution in [0.15, 0.2) is 0 Å². The van der Waals surface area contributed by atoms with Crippen molar-refractivity contribution >= 4 is 29.2 Å². The molecule has 1 heterocycles. The van der Waals surface area contributed by atoms with Crippen molar-refractivity contribution in [2.45, 2.75) is 36.4 Å². The Morgan fingerprint density at radius 3 is 3.00 bits per heavy atom. The van der Waals surface area contributed by atoms with E-state index in [4.69, 9.17) is 27.9 Å². The van der Waals surface area contributed by atoms with Crippen molar-refractivity contribution in [1.82, 2.24) is 0 Å². The molecule has 0 saturated carbocycles. The third-order valence-electron chi connectivity index (χ3n) is 1.95. The lowest BCUT2D eigenvalue weighted by Crippen LogP contribution is -2.31. The molecule has 4 heteroatoms. The van der Waals surface area contributed by atoms with Crippen LogP contribution in [0, 0.1) is 0 Å². The van der Waals surface area contributed by atoms with Gasteiger partial charge in [0, 0.05) is 4.87 Å². The molecule has 1 aliphatic rings. The first kappa shape index (κ1) is 10.1. The first-order valence-corrected chi connectivity index (χ1v) is 4.82. The van der Waals surface area contributed by atoms with Gasteiger partial charge in [0.05, 0.1) is 6.61 Å². The molecule has 1 fully saturated rings. The van der Waals surface area contributed by atoms with Crippen LogP contribution in [0.3, 0.4) is 0 Å². The van der Waals surface area contributed by atoms with Gasteiger partial charge in [0.25, 0.3) is 0 Å². The van der Waals surface area contributed by atoms with E-state index in [-0.39, 0.29) is 10.8 Å². The maximum absolute atomic E-state index is 11.0. The standard InChI is InChI=1S/C8H12Cl2O2/c1-8(10)3-2-4-12-7(11)6(9)5-8/h6H,2-5H2,1H3. The molecule has 0 spiro atoms. The number of cyclic esters (lactones) is 1. The Hall–Kier alpha value is 0.0500. The number of hydrogen-bond acceptors (Lipinski definition) is 2. The fourth-order valence-electron chi connectivity index (χ4n) is 1.26. The summed E-state index contributed by atoms with van der Waals surface area (Å²) in [6.45, 7) is 2.34. The highest BCUT2D eigenvalue weighted by atomic mass is 35.5. The van der Waals surface area contributed by atoms with Gasteiger partial charge in [-0.25, -0.2) is 0 Å². The molecular weight excluding hydrogens is 199 g/mol. The SMILES string of the molecule is CC1(Cl)CCCOC(=O)C(Cl)C1. The molecule has 0 aromatic carbocycles. The Balaban J connectivity index is 2.59. The van der Waals surface area contributed by atoms with Gasteiger partial charge in [-0.15, -0.1) is 23.2 Å². The summed E-state index contributed by atoms with van der Waals surface area (Å²) in [5.74, 6) is -0.344. The van der Waals surface area contributed by atoms with Crippen LogP contribution in [0.2, 0.25) is 0 Å². The number of carbonyl (C=O) groups is 1. The van der Waals surface area contributed by atoms with E-state index in [1.54, 1.807) is 0 Å². The summed E-state index contributed by atoms with van der Waals surface area (Å²) >= 11 is 11.9. The third kappa shape index (κ3) is 2.83. The highest BCUT2D eigenvalue weighted by Gasteiger charge is 2.31. The van der Waals surface area contributed by atoms with Gasteiger partial charge in [0.2, 0.25) is 0 Å². The zero-order valence-corrected chi connectivity index (χ0v) is 8.49. The van der Waals surface area contributed by atoms with Gasteiger partial charge in [-0.3, -0.25) is 4.79 Å². The summed E-state index contributed by atoms with van der Waals surface area (Å²) in [7, 11) is 0. The molecule has 0 aromatic rings. The summed E-state index contributed by atoms with van der Waals surface area (Å²) in [5, 5.41) is -0.590. The van der Waals surface area contributed by atoms with Crippen molar-refractivity contribution in [2.75, 3.05) is 6.61 Å². The summed E-state index contributed by atoms with van der Waals surface area (Å²) in [4.78, 5) is 10.7. The first-order chi connectivity index (χ1) is 5.51. The van der Waals surface area contributed by atoms with E-state index >= 15 is 0 Å². The fourth-order valence-corrected chi connectivity index (χ4v) is 2.03. The summed E-state index contributed by atoms with van der Waals surface area (Å²) in [5.41, 5.74) is 0. The van der Waals surface area contributed by atoms with Crippen LogP contribution in [0.25, 0.3) is 0 Å². The van der Waals surface area contributed by atoms with Crippen LogP contribution in [-0.2, 0) is 9.53 Å². The number of esters is 1. The van der Waals surface area contributed by atoms with Crippen molar-refractivity contribution in [2.24, 2.45) is 0 Å². The van der Waals surface area contributed by atoms with Crippen LogP contribution in [-0.4, -0.2) is 22.8 Å². The van der Waals surface area contributed by atoms with Crippen molar-refractivity contribution in [3.63, 3.8) is 0 Å². The smallest absolute Gasteiger partial charge is 0.324 e. The molecule has 0 amide bonds. The second-order valence-electron chi connectivity index (χ2n) is 3.36. The molecule has 2 nitrogen and oxygen atoms in total. The summed E-state index contributed by atoms with van der Waals surface area (Å²) in [6.07, 6.45) is 2.13. The molecule has 0 aromatic heterocycles. The molecule has 0 bridgehead atoms.